The van der Waals surface area contributed by atoms with Gasteiger partial charge in [-0.3, -0.25) is 4.79 Å². The van der Waals surface area contributed by atoms with Gasteiger partial charge in [0.2, 0.25) is 0 Å². The van der Waals surface area contributed by atoms with E-state index in [1.807, 2.05) is 4.90 Å². The number of hydrogen-bond donors (Lipinski definition) is 2. The lowest BCUT2D eigenvalue weighted by Crippen LogP contribution is -2.39. The summed E-state index contributed by atoms with van der Waals surface area (Å²) in [6.45, 7) is 1.77. The fourth-order valence-corrected chi connectivity index (χ4v) is 3.21. The maximum absolute atomic E-state index is 12.6. The lowest BCUT2D eigenvalue weighted by Gasteiger charge is -2.33. The Bertz CT molecular complexity index is 866. The average Bonchev–Trinajstić information content (AvgIpc) is 2.72. The molecule has 2 N–H and O–H groups in total. The number of rotatable bonds is 5. The first-order valence-electron chi connectivity index (χ1n) is 9.14. The monoisotopic (exact) mass is 443 g/mol. The molecule has 3 rings (SSSR count). The quantitative estimate of drug-likeness (QED) is 0.733. The first-order chi connectivity index (χ1) is 13.7. The van der Waals surface area contributed by atoms with Gasteiger partial charge in [0.25, 0.3) is 5.91 Å². The number of carboxylic acids is 1. The zero-order valence-electron chi connectivity index (χ0n) is 15.9. The van der Waals surface area contributed by atoms with E-state index in [1.54, 1.807) is 0 Å². The molecule has 2 aromatic rings. The molecule has 0 saturated carbocycles. The van der Waals surface area contributed by atoms with E-state index in [0.717, 1.165) is 25.1 Å². The Kier molecular flexibility index (Phi) is 7.66. The minimum absolute atomic E-state index is 0. The fourth-order valence-electron chi connectivity index (χ4n) is 3.21. The zero-order chi connectivity index (χ0) is 21.0. The van der Waals surface area contributed by atoms with E-state index in [1.165, 1.54) is 30.3 Å². The number of aromatic nitrogens is 1. The summed E-state index contributed by atoms with van der Waals surface area (Å²) in [6, 6.07) is 8.12. The number of piperidine rings is 1. The Morgan fingerprint density at radius 1 is 1.07 bits per heavy atom. The second-order valence-corrected chi connectivity index (χ2v) is 6.93. The lowest BCUT2D eigenvalue weighted by atomic mass is 9.96. The first kappa shape index (κ1) is 23.5. The van der Waals surface area contributed by atoms with Crippen molar-refractivity contribution in [3.05, 3.63) is 59.3 Å². The fraction of sp³-hybridized carbons (Fsp3) is 0.350. The van der Waals surface area contributed by atoms with Gasteiger partial charge in [0, 0.05) is 31.4 Å². The average molecular weight is 444 g/mol. The number of hydrogen-bond acceptors (Lipinski definition) is 4. The Morgan fingerprint density at radius 2 is 1.67 bits per heavy atom. The number of halogens is 4. The first-order valence-corrected chi connectivity index (χ1v) is 9.14. The van der Waals surface area contributed by atoms with Gasteiger partial charge in [-0.2, -0.15) is 13.2 Å². The molecule has 1 saturated heterocycles. The van der Waals surface area contributed by atoms with Crippen molar-refractivity contribution in [2.75, 3.05) is 24.5 Å². The van der Waals surface area contributed by atoms with Crippen LogP contribution >= 0.6 is 12.4 Å². The highest BCUT2D eigenvalue weighted by molar-refractivity contribution is 5.95. The number of pyridine rings is 1. The van der Waals surface area contributed by atoms with Crippen LogP contribution in [0.3, 0.4) is 0 Å². The van der Waals surface area contributed by atoms with Gasteiger partial charge < -0.3 is 15.3 Å². The number of nitrogens with one attached hydrogen (secondary N) is 1. The van der Waals surface area contributed by atoms with Gasteiger partial charge in [0.15, 0.2) is 0 Å². The van der Waals surface area contributed by atoms with Crippen molar-refractivity contribution in [3.8, 4) is 0 Å². The number of alkyl halides is 3. The van der Waals surface area contributed by atoms with Gasteiger partial charge in [0.05, 0.1) is 11.1 Å². The van der Waals surface area contributed by atoms with Crippen molar-refractivity contribution in [3.63, 3.8) is 0 Å². The third kappa shape index (κ3) is 5.85. The Balaban J connectivity index is 0.00000320. The molecule has 1 aromatic carbocycles. The van der Waals surface area contributed by atoms with E-state index in [4.69, 9.17) is 5.11 Å². The largest absolute Gasteiger partial charge is 0.478 e. The topological polar surface area (TPSA) is 82.5 Å². The second kappa shape index (κ2) is 9.80. The van der Waals surface area contributed by atoms with Gasteiger partial charge in [-0.15, -0.1) is 12.4 Å². The molecule has 1 aliphatic heterocycles. The van der Waals surface area contributed by atoms with Crippen LogP contribution in [0.5, 0.6) is 0 Å². The normalized spacial score (nSPS) is 14.7. The minimum Gasteiger partial charge on any atom is -0.478 e. The predicted molar refractivity (Wildman–Crippen MR) is 107 cm³/mol. The number of carbonyl (C=O) groups is 2. The summed E-state index contributed by atoms with van der Waals surface area (Å²) in [7, 11) is 0. The Labute approximate surface area is 177 Å². The number of nitrogens with zero attached hydrogens (tertiary/aromatic N) is 2. The number of carboxylic acid groups (broad SMARTS) is 1. The molecule has 2 heterocycles. The van der Waals surface area contributed by atoms with E-state index in [-0.39, 0.29) is 29.8 Å². The van der Waals surface area contributed by atoms with Crippen LogP contribution in [0.2, 0.25) is 0 Å². The zero-order valence-corrected chi connectivity index (χ0v) is 16.7. The van der Waals surface area contributed by atoms with E-state index in [2.05, 4.69) is 10.3 Å². The van der Waals surface area contributed by atoms with E-state index in [0.29, 0.717) is 31.0 Å². The molecule has 0 aliphatic carbocycles. The van der Waals surface area contributed by atoms with Gasteiger partial charge in [-0.25, -0.2) is 9.78 Å². The number of carbonyl (C=O) groups excluding carboxylic acids is 1. The molecule has 0 bridgehead atoms. The van der Waals surface area contributed by atoms with Crippen LogP contribution in [0, 0.1) is 5.92 Å². The molecule has 10 heteroatoms. The summed E-state index contributed by atoms with van der Waals surface area (Å²) in [5, 5.41) is 11.7. The lowest BCUT2D eigenvalue weighted by molar-refractivity contribution is -0.137. The molecular weight excluding hydrogens is 423 g/mol. The number of benzene rings is 1. The van der Waals surface area contributed by atoms with Crippen LogP contribution in [0.1, 0.15) is 39.1 Å². The van der Waals surface area contributed by atoms with Crippen LogP contribution < -0.4 is 10.2 Å². The maximum atomic E-state index is 12.6. The van der Waals surface area contributed by atoms with Crippen molar-refractivity contribution in [2.45, 2.75) is 19.0 Å². The molecule has 6 nitrogen and oxygen atoms in total. The Hall–Kier alpha value is -2.81. The smallest absolute Gasteiger partial charge is 0.417 e. The molecular formula is C20H21ClF3N3O3. The van der Waals surface area contributed by atoms with E-state index < -0.39 is 17.7 Å². The van der Waals surface area contributed by atoms with Crippen LogP contribution in [0.4, 0.5) is 19.0 Å². The van der Waals surface area contributed by atoms with Crippen molar-refractivity contribution in [2.24, 2.45) is 5.92 Å². The summed E-state index contributed by atoms with van der Waals surface area (Å²) >= 11 is 0. The summed E-state index contributed by atoms with van der Waals surface area (Å²) in [4.78, 5) is 28.9. The third-order valence-corrected chi connectivity index (χ3v) is 4.96. The van der Waals surface area contributed by atoms with Gasteiger partial charge in [-0.05, 0) is 55.2 Å². The predicted octanol–water partition coefficient (Wildman–Crippen LogP) is 3.87. The highest BCUT2D eigenvalue weighted by Gasteiger charge is 2.31. The molecule has 1 amide bonds. The minimum atomic E-state index is -4.40. The molecule has 0 atom stereocenters. The number of anilines is 1. The van der Waals surface area contributed by atoms with Crippen molar-refractivity contribution in [1.82, 2.24) is 10.3 Å². The van der Waals surface area contributed by atoms with Gasteiger partial charge in [-0.1, -0.05) is 0 Å². The van der Waals surface area contributed by atoms with E-state index >= 15 is 0 Å². The second-order valence-electron chi connectivity index (χ2n) is 6.93. The Morgan fingerprint density at radius 3 is 2.17 bits per heavy atom. The summed E-state index contributed by atoms with van der Waals surface area (Å²) in [5.74, 6) is -0.554. The van der Waals surface area contributed by atoms with Crippen LogP contribution in [0.25, 0.3) is 0 Å². The molecule has 0 spiro atoms. The highest BCUT2D eigenvalue weighted by atomic mass is 35.5. The molecule has 30 heavy (non-hydrogen) atoms. The molecule has 1 aromatic heterocycles. The molecule has 162 valence electrons. The van der Waals surface area contributed by atoms with E-state index in [9.17, 15) is 22.8 Å². The summed E-state index contributed by atoms with van der Waals surface area (Å²) < 4.78 is 37.9. The summed E-state index contributed by atoms with van der Waals surface area (Å²) in [6.07, 6.45) is -2.00. The van der Waals surface area contributed by atoms with Crippen molar-refractivity contribution < 1.29 is 27.9 Å². The van der Waals surface area contributed by atoms with Crippen LogP contribution in [-0.2, 0) is 6.18 Å². The molecule has 0 radical (unpaired) electrons. The highest BCUT2D eigenvalue weighted by Crippen LogP contribution is 2.30. The van der Waals surface area contributed by atoms with Crippen molar-refractivity contribution >= 4 is 30.1 Å². The van der Waals surface area contributed by atoms with Gasteiger partial charge >= 0.3 is 12.1 Å². The summed E-state index contributed by atoms with van der Waals surface area (Å²) in [5.41, 5.74) is -0.262. The van der Waals surface area contributed by atoms with Crippen LogP contribution in [0.15, 0.2) is 42.6 Å². The maximum Gasteiger partial charge on any atom is 0.417 e. The molecule has 0 unspecified atom stereocenters. The van der Waals surface area contributed by atoms with Gasteiger partial charge in [0.1, 0.15) is 5.82 Å². The SMILES string of the molecule is Cl.O=C(O)c1ccc(C(=O)NCC2CCN(c3ccc(C(F)(F)F)cn3)CC2)cc1. The molecule has 1 fully saturated rings. The molecule has 1 aliphatic rings. The third-order valence-electron chi connectivity index (χ3n) is 4.96. The number of amides is 1. The number of aromatic carboxylic acids is 1. The standard InChI is InChI=1S/C20H20F3N3O3.ClH/c21-20(22,23)16-5-6-17(24-12-16)26-9-7-13(8-10-26)11-25-18(27)14-1-3-15(4-2-14)19(28)29;/h1-6,12-13H,7-11H2,(H,25,27)(H,28,29);1H. The van der Waals surface area contributed by atoms with Crippen LogP contribution in [-0.4, -0.2) is 41.6 Å². The van der Waals surface area contributed by atoms with Crippen molar-refractivity contribution in [1.29, 1.82) is 0 Å².